The van der Waals surface area contributed by atoms with Crippen molar-refractivity contribution in [2.24, 2.45) is 7.05 Å². The van der Waals surface area contributed by atoms with E-state index in [0.717, 1.165) is 11.2 Å². The zero-order valence-corrected chi connectivity index (χ0v) is 14.0. The maximum absolute atomic E-state index is 12.2. The lowest BCUT2D eigenvalue weighted by Crippen LogP contribution is -2.20. The third kappa shape index (κ3) is 2.70. The van der Waals surface area contributed by atoms with E-state index in [2.05, 4.69) is 4.98 Å². The Balaban J connectivity index is 1.81. The Morgan fingerprint density at radius 2 is 2.14 bits per heavy atom. The Kier molecular flexibility index (Phi) is 4.01. The van der Waals surface area contributed by atoms with E-state index in [0.29, 0.717) is 22.2 Å². The third-order valence-corrected chi connectivity index (χ3v) is 5.95. The third-order valence-electron chi connectivity index (χ3n) is 3.17. The van der Waals surface area contributed by atoms with E-state index in [1.165, 1.54) is 34.4 Å². The van der Waals surface area contributed by atoms with Crippen LogP contribution in [0.4, 0.5) is 0 Å². The lowest BCUT2D eigenvalue weighted by atomic mass is 10.5. The van der Waals surface area contributed by atoms with Gasteiger partial charge in [-0.15, -0.1) is 11.3 Å². The van der Waals surface area contributed by atoms with Gasteiger partial charge < -0.3 is 4.57 Å². The highest BCUT2D eigenvalue weighted by Gasteiger charge is 2.10. The van der Waals surface area contributed by atoms with Gasteiger partial charge in [-0.05, 0) is 18.4 Å². The van der Waals surface area contributed by atoms with E-state index in [4.69, 9.17) is 0 Å². The fourth-order valence-corrected chi connectivity index (χ4v) is 4.46. The number of fused-ring (bicyclic) bond motifs is 1. The molecular weight excluding hydrogens is 326 g/mol. The molecule has 0 amide bonds. The Hall–Kier alpha value is -1.38. The van der Waals surface area contributed by atoms with Crippen molar-refractivity contribution in [3.63, 3.8) is 0 Å². The minimum atomic E-state index is -0.0126. The summed E-state index contributed by atoms with van der Waals surface area (Å²) >= 11 is 4.12. The van der Waals surface area contributed by atoms with Crippen LogP contribution >= 0.6 is 34.4 Å². The zero-order valence-electron chi connectivity index (χ0n) is 11.5. The lowest BCUT2D eigenvalue weighted by Gasteiger charge is -2.07. The van der Waals surface area contributed by atoms with Crippen LogP contribution in [0.1, 0.15) is 5.69 Å². The first kappa shape index (κ1) is 14.6. The summed E-state index contributed by atoms with van der Waals surface area (Å²) in [6, 6.07) is 1.86. The number of thiophene rings is 1. The highest BCUT2D eigenvalue weighted by molar-refractivity contribution is 7.99. The molecule has 3 heterocycles. The van der Waals surface area contributed by atoms with Gasteiger partial charge in [0.15, 0.2) is 5.16 Å². The van der Waals surface area contributed by atoms with Gasteiger partial charge in [-0.2, -0.15) is 0 Å². The molecule has 0 radical (unpaired) electrons. The summed E-state index contributed by atoms with van der Waals surface area (Å²) < 4.78 is 4.01. The van der Waals surface area contributed by atoms with E-state index < -0.39 is 0 Å². The van der Waals surface area contributed by atoms with Crippen molar-refractivity contribution in [2.75, 3.05) is 5.75 Å². The number of nitrogens with zero attached hydrogens (tertiary/aromatic N) is 3. The summed E-state index contributed by atoms with van der Waals surface area (Å²) in [5.74, 6) is 0.702. The Labute approximate surface area is 132 Å². The van der Waals surface area contributed by atoms with E-state index >= 15 is 0 Å². The van der Waals surface area contributed by atoms with Gasteiger partial charge in [0.05, 0.1) is 5.52 Å². The van der Waals surface area contributed by atoms with Crippen LogP contribution in [0.5, 0.6) is 0 Å². The van der Waals surface area contributed by atoms with Gasteiger partial charge in [0, 0.05) is 30.4 Å². The normalized spacial score (nSPS) is 11.3. The molecule has 0 saturated carbocycles. The molecule has 3 aromatic rings. The van der Waals surface area contributed by atoms with Gasteiger partial charge in [-0.3, -0.25) is 14.2 Å². The molecule has 0 aliphatic rings. The van der Waals surface area contributed by atoms with Crippen molar-refractivity contribution in [3.8, 4) is 0 Å². The van der Waals surface area contributed by atoms with Crippen LogP contribution in [0.15, 0.2) is 31.6 Å². The van der Waals surface area contributed by atoms with Gasteiger partial charge in [0.2, 0.25) is 0 Å². The lowest BCUT2D eigenvalue weighted by molar-refractivity contribution is 0.712. The smallest absolute Gasteiger partial charge is 0.303 e. The maximum atomic E-state index is 12.2. The van der Waals surface area contributed by atoms with Crippen molar-refractivity contribution < 1.29 is 0 Å². The van der Waals surface area contributed by atoms with Crippen molar-refractivity contribution in [2.45, 2.75) is 18.6 Å². The highest BCUT2D eigenvalue weighted by atomic mass is 32.2. The molecule has 0 atom stereocenters. The van der Waals surface area contributed by atoms with Gasteiger partial charge in [-0.25, -0.2) is 4.98 Å². The van der Waals surface area contributed by atoms with Crippen LogP contribution in [0.25, 0.3) is 10.2 Å². The molecule has 110 valence electrons. The molecule has 0 bridgehead atoms. The molecule has 0 unspecified atom stereocenters. The fourth-order valence-electron chi connectivity index (χ4n) is 2.00. The fraction of sp³-hybridized carbons (Fsp3) is 0.308. The number of rotatable bonds is 4. The minimum absolute atomic E-state index is 0.0126. The topological polar surface area (TPSA) is 56.9 Å². The molecule has 21 heavy (non-hydrogen) atoms. The van der Waals surface area contributed by atoms with Gasteiger partial charge >= 0.3 is 4.87 Å². The number of hydrogen-bond acceptors (Lipinski definition) is 6. The van der Waals surface area contributed by atoms with Crippen LogP contribution in [-0.4, -0.2) is 19.9 Å². The molecule has 0 spiro atoms. The van der Waals surface area contributed by atoms with E-state index in [1.54, 1.807) is 16.2 Å². The monoisotopic (exact) mass is 339 g/mol. The second kappa shape index (κ2) is 5.78. The summed E-state index contributed by atoms with van der Waals surface area (Å²) in [4.78, 5) is 28.4. The van der Waals surface area contributed by atoms with Crippen LogP contribution in [0.3, 0.4) is 0 Å². The standard InChI is InChI=1S/C13H13N3O2S3/c1-8-7-21-13(18)16(8)4-6-20-12-14-9-3-5-19-10(9)11(17)15(12)2/h3,5,7H,4,6H2,1-2H3. The maximum Gasteiger partial charge on any atom is 0.307 e. The molecule has 3 aromatic heterocycles. The van der Waals surface area contributed by atoms with Gasteiger partial charge in [-0.1, -0.05) is 23.1 Å². The van der Waals surface area contributed by atoms with Crippen molar-refractivity contribution >= 4 is 44.7 Å². The minimum Gasteiger partial charge on any atom is -0.303 e. The van der Waals surface area contributed by atoms with Gasteiger partial charge in [0.1, 0.15) is 4.70 Å². The average molecular weight is 339 g/mol. The molecule has 0 aliphatic carbocycles. The highest BCUT2D eigenvalue weighted by Crippen LogP contribution is 2.20. The Morgan fingerprint density at radius 1 is 1.33 bits per heavy atom. The first-order valence-electron chi connectivity index (χ1n) is 6.30. The van der Waals surface area contributed by atoms with Crippen molar-refractivity contribution in [3.05, 3.63) is 42.5 Å². The quantitative estimate of drug-likeness (QED) is 0.541. The molecule has 3 rings (SSSR count). The van der Waals surface area contributed by atoms with E-state index in [1.807, 2.05) is 23.8 Å². The molecule has 0 fully saturated rings. The molecule has 5 nitrogen and oxygen atoms in total. The SMILES string of the molecule is Cc1csc(=O)n1CCSc1nc2ccsc2c(=O)n1C. The first-order valence-corrected chi connectivity index (χ1v) is 9.04. The largest absolute Gasteiger partial charge is 0.307 e. The molecule has 0 saturated heterocycles. The average Bonchev–Trinajstić information content (AvgIpc) is 3.05. The first-order chi connectivity index (χ1) is 10.1. The van der Waals surface area contributed by atoms with Crippen LogP contribution in [0.2, 0.25) is 0 Å². The number of hydrogen-bond donors (Lipinski definition) is 0. The summed E-state index contributed by atoms with van der Waals surface area (Å²) in [5, 5.41) is 4.42. The molecule has 0 aromatic carbocycles. The molecule has 8 heteroatoms. The summed E-state index contributed by atoms with van der Waals surface area (Å²) in [5.41, 5.74) is 1.71. The second-order valence-electron chi connectivity index (χ2n) is 4.54. The van der Waals surface area contributed by atoms with Crippen molar-refractivity contribution in [1.29, 1.82) is 0 Å². The number of aromatic nitrogens is 3. The predicted octanol–water partition coefficient (Wildman–Crippen LogP) is 2.32. The van der Waals surface area contributed by atoms with E-state index in [-0.39, 0.29) is 10.4 Å². The van der Waals surface area contributed by atoms with Crippen molar-refractivity contribution in [1.82, 2.24) is 14.1 Å². The predicted molar refractivity (Wildman–Crippen MR) is 88.9 cm³/mol. The van der Waals surface area contributed by atoms with E-state index in [9.17, 15) is 9.59 Å². The Morgan fingerprint density at radius 3 is 2.86 bits per heavy atom. The zero-order chi connectivity index (χ0) is 15.0. The van der Waals surface area contributed by atoms with Crippen LogP contribution in [0, 0.1) is 6.92 Å². The summed E-state index contributed by atoms with van der Waals surface area (Å²) in [6.07, 6.45) is 0. The molecule has 0 N–H and O–H groups in total. The second-order valence-corrected chi connectivity index (χ2v) is 7.34. The molecular formula is C13H13N3O2S3. The van der Waals surface area contributed by atoms with Crippen LogP contribution in [-0.2, 0) is 13.6 Å². The summed E-state index contributed by atoms with van der Waals surface area (Å²) in [6.45, 7) is 2.55. The van der Waals surface area contributed by atoms with Gasteiger partial charge in [0.25, 0.3) is 5.56 Å². The number of thiazole rings is 1. The Bertz CT molecular complexity index is 903. The van der Waals surface area contributed by atoms with Crippen LogP contribution < -0.4 is 10.4 Å². The number of thioether (sulfide) groups is 1. The number of aryl methyl sites for hydroxylation is 1. The summed E-state index contributed by atoms with van der Waals surface area (Å²) in [7, 11) is 1.73. The molecule has 0 aliphatic heterocycles.